The predicted octanol–water partition coefficient (Wildman–Crippen LogP) is 1.66. The van der Waals surface area contributed by atoms with Crippen LogP contribution in [0.5, 0.6) is 0 Å². The summed E-state index contributed by atoms with van der Waals surface area (Å²) in [6.45, 7) is 6.82. The number of amides is 2. The summed E-state index contributed by atoms with van der Waals surface area (Å²) >= 11 is 0. The zero-order valence-corrected chi connectivity index (χ0v) is 15.5. The van der Waals surface area contributed by atoms with Gasteiger partial charge in [-0.2, -0.15) is 0 Å². The van der Waals surface area contributed by atoms with E-state index in [1.54, 1.807) is 23.1 Å². The number of hydrogen-bond acceptors (Lipinski definition) is 4. The van der Waals surface area contributed by atoms with Crippen molar-refractivity contribution < 1.29 is 9.59 Å². The summed E-state index contributed by atoms with van der Waals surface area (Å²) in [5.74, 6) is 0.630. The highest BCUT2D eigenvalue weighted by atomic mass is 16.2. The maximum atomic E-state index is 12.7. The van der Waals surface area contributed by atoms with E-state index in [0.29, 0.717) is 18.9 Å². The van der Waals surface area contributed by atoms with Gasteiger partial charge in [-0.25, -0.2) is 0 Å². The second-order valence-electron chi connectivity index (χ2n) is 6.94. The Balaban J connectivity index is 1.66. The summed E-state index contributed by atoms with van der Waals surface area (Å²) in [6, 6.07) is 9.70. The summed E-state index contributed by atoms with van der Waals surface area (Å²) in [6.07, 6.45) is 2.40. The van der Waals surface area contributed by atoms with E-state index >= 15 is 0 Å². The molecule has 0 N–H and O–H groups in total. The zero-order valence-electron chi connectivity index (χ0n) is 15.5. The quantitative estimate of drug-likeness (QED) is 0.790. The molecular formula is C19H25N5O2. The molecule has 1 fully saturated rings. The van der Waals surface area contributed by atoms with E-state index in [1.165, 1.54) is 0 Å². The average molecular weight is 355 g/mol. The molecule has 3 rings (SSSR count). The minimum absolute atomic E-state index is 0.0175. The van der Waals surface area contributed by atoms with E-state index in [4.69, 9.17) is 0 Å². The minimum Gasteiger partial charge on any atom is -0.331 e. The predicted molar refractivity (Wildman–Crippen MR) is 97.1 cm³/mol. The van der Waals surface area contributed by atoms with Gasteiger partial charge in [-0.15, -0.1) is 10.2 Å². The van der Waals surface area contributed by atoms with Gasteiger partial charge in [-0.1, -0.05) is 30.3 Å². The first-order chi connectivity index (χ1) is 12.5. The molecule has 1 aromatic carbocycles. The summed E-state index contributed by atoms with van der Waals surface area (Å²) in [4.78, 5) is 28.7. The molecule has 1 atom stereocenters. The van der Waals surface area contributed by atoms with Crippen molar-refractivity contribution in [2.75, 3.05) is 13.1 Å². The van der Waals surface area contributed by atoms with Crippen molar-refractivity contribution in [1.82, 2.24) is 24.6 Å². The van der Waals surface area contributed by atoms with Crippen LogP contribution in [-0.2, 0) is 22.6 Å². The fourth-order valence-electron chi connectivity index (χ4n) is 3.23. The second-order valence-corrected chi connectivity index (χ2v) is 6.94. The Morgan fingerprint density at radius 2 is 1.92 bits per heavy atom. The number of rotatable bonds is 6. The lowest BCUT2D eigenvalue weighted by atomic mass is 10.1. The van der Waals surface area contributed by atoms with Crippen LogP contribution in [0.25, 0.3) is 0 Å². The van der Waals surface area contributed by atoms with E-state index in [0.717, 1.165) is 12.0 Å². The molecule has 26 heavy (non-hydrogen) atoms. The van der Waals surface area contributed by atoms with E-state index < -0.39 is 6.04 Å². The first-order valence-corrected chi connectivity index (χ1v) is 8.98. The zero-order chi connectivity index (χ0) is 18.7. The van der Waals surface area contributed by atoms with Crippen LogP contribution in [0.1, 0.15) is 38.2 Å². The van der Waals surface area contributed by atoms with Gasteiger partial charge in [-0.05, 0) is 32.8 Å². The molecule has 0 unspecified atom stereocenters. The first kappa shape index (κ1) is 18.1. The third-order valence-electron chi connectivity index (χ3n) is 4.81. The van der Waals surface area contributed by atoms with E-state index in [9.17, 15) is 9.59 Å². The monoisotopic (exact) mass is 355 g/mol. The molecule has 2 aromatic rings. The highest BCUT2D eigenvalue weighted by Crippen LogP contribution is 2.17. The molecule has 2 amide bonds. The molecule has 1 aromatic heterocycles. The van der Waals surface area contributed by atoms with Crippen LogP contribution in [0, 0.1) is 0 Å². The van der Waals surface area contributed by atoms with Gasteiger partial charge in [0.25, 0.3) is 0 Å². The highest BCUT2D eigenvalue weighted by molar-refractivity contribution is 5.94. The van der Waals surface area contributed by atoms with E-state index in [2.05, 4.69) is 10.2 Å². The van der Waals surface area contributed by atoms with Crippen LogP contribution < -0.4 is 0 Å². The number of benzene rings is 1. The van der Waals surface area contributed by atoms with E-state index in [1.807, 2.05) is 48.7 Å². The molecule has 0 radical (unpaired) electrons. The Labute approximate surface area is 153 Å². The van der Waals surface area contributed by atoms with Gasteiger partial charge in [0.1, 0.15) is 12.4 Å². The summed E-state index contributed by atoms with van der Waals surface area (Å²) in [5.41, 5.74) is 1.16. The van der Waals surface area contributed by atoms with Crippen LogP contribution in [0.15, 0.2) is 36.7 Å². The number of piperazine rings is 1. The van der Waals surface area contributed by atoms with Crippen molar-refractivity contribution in [3.05, 3.63) is 48.0 Å². The van der Waals surface area contributed by atoms with Gasteiger partial charge < -0.3 is 14.4 Å². The standard InChI is InChI=1S/C19H25N5O2/c1-14(2)24-13-20-21-17(24)11-23-15(3)19(26)22(12-18(23)25)10-9-16-7-5-4-6-8-16/h4-8,13-15H,9-12H2,1-3H3/t15-/m0/s1. The van der Waals surface area contributed by atoms with E-state index in [-0.39, 0.29) is 24.4 Å². The largest absolute Gasteiger partial charge is 0.331 e. The molecule has 7 heteroatoms. The van der Waals surface area contributed by atoms with Crippen molar-refractivity contribution >= 4 is 11.8 Å². The summed E-state index contributed by atoms with van der Waals surface area (Å²) < 4.78 is 1.92. The summed E-state index contributed by atoms with van der Waals surface area (Å²) in [5, 5.41) is 8.05. The number of aromatic nitrogens is 3. The van der Waals surface area contributed by atoms with Gasteiger partial charge >= 0.3 is 0 Å². The van der Waals surface area contributed by atoms with Gasteiger partial charge in [-0.3, -0.25) is 9.59 Å². The molecule has 7 nitrogen and oxygen atoms in total. The molecule has 1 aliphatic heterocycles. The molecule has 0 bridgehead atoms. The number of hydrogen-bond donors (Lipinski definition) is 0. The van der Waals surface area contributed by atoms with Crippen molar-refractivity contribution in [2.24, 2.45) is 0 Å². The first-order valence-electron chi connectivity index (χ1n) is 8.98. The molecular weight excluding hydrogens is 330 g/mol. The smallest absolute Gasteiger partial charge is 0.245 e. The minimum atomic E-state index is -0.496. The Kier molecular flexibility index (Phi) is 5.35. The normalized spacial score (nSPS) is 18.1. The SMILES string of the molecule is CC(C)n1cnnc1CN1C(=O)CN(CCc2ccccc2)C(=O)[C@@H]1C. The lowest BCUT2D eigenvalue weighted by molar-refractivity contribution is -0.155. The maximum absolute atomic E-state index is 12.7. The Morgan fingerprint density at radius 1 is 1.19 bits per heavy atom. The third-order valence-corrected chi connectivity index (χ3v) is 4.81. The van der Waals surface area contributed by atoms with Crippen molar-refractivity contribution in [2.45, 2.75) is 45.8 Å². The summed E-state index contributed by atoms with van der Waals surface area (Å²) in [7, 11) is 0. The van der Waals surface area contributed by atoms with Gasteiger partial charge in [0.05, 0.1) is 13.1 Å². The molecule has 0 spiro atoms. The fraction of sp³-hybridized carbons (Fsp3) is 0.474. The second kappa shape index (κ2) is 7.68. The van der Waals surface area contributed by atoms with Crippen LogP contribution >= 0.6 is 0 Å². The van der Waals surface area contributed by atoms with Crippen LogP contribution in [0.3, 0.4) is 0 Å². The number of carbonyl (C=O) groups is 2. The maximum Gasteiger partial charge on any atom is 0.245 e. The molecule has 0 aliphatic carbocycles. The molecule has 138 valence electrons. The lowest BCUT2D eigenvalue weighted by Crippen LogP contribution is -2.58. The molecule has 1 aliphatic rings. The van der Waals surface area contributed by atoms with Gasteiger partial charge in [0.15, 0.2) is 5.82 Å². The lowest BCUT2D eigenvalue weighted by Gasteiger charge is -2.38. The Morgan fingerprint density at radius 3 is 2.62 bits per heavy atom. The van der Waals surface area contributed by atoms with Crippen molar-refractivity contribution in [1.29, 1.82) is 0 Å². The molecule has 2 heterocycles. The third kappa shape index (κ3) is 3.76. The fourth-order valence-corrected chi connectivity index (χ4v) is 3.23. The number of nitrogens with zero attached hydrogens (tertiary/aromatic N) is 5. The molecule has 0 saturated carbocycles. The van der Waals surface area contributed by atoms with Crippen molar-refractivity contribution in [3.8, 4) is 0 Å². The topological polar surface area (TPSA) is 71.3 Å². The number of carbonyl (C=O) groups excluding carboxylic acids is 2. The van der Waals surface area contributed by atoms with Crippen LogP contribution in [0.2, 0.25) is 0 Å². The molecule has 1 saturated heterocycles. The van der Waals surface area contributed by atoms with Crippen LogP contribution in [-0.4, -0.2) is 55.5 Å². The average Bonchev–Trinajstić information content (AvgIpc) is 3.10. The highest BCUT2D eigenvalue weighted by Gasteiger charge is 2.36. The van der Waals surface area contributed by atoms with Crippen LogP contribution in [0.4, 0.5) is 0 Å². The Hall–Kier alpha value is -2.70. The van der Waals surface area contributed by atoms with Gasteiger partial charge in [0, 0.05) is 12.6 Å². The van der Waals surface area contributed by atoms with Crippen molar-refractivity contribution in [3.63, 3.8) is 0 Å². The Bertz CT molecular complexity index is 771. The van der Waals surface area contributed by atoms with Gasteiger partial charge in [0.2, 0.25) is 11.8 Å².